The molecule has 0 radical (unpaired) electrons. The molecular weight excluding hydrogens is 528 g/mol. The highest BCUT2D eigenvalue weighted by Crippen LogP contribution is 2.38. The minimum absolute atomic E-state index is 0.0169. The number of carbonyl (C=O) groups is 1. The number of sulfonamides is 1. The summed E-state index contributed by atoms with van der Waals surface area (Å²) in [6.45, 7) is 8.23. The van der Waals surface area contributed by atoms with Gasteiger partial charge in [0.1, 0.15) is 11.3 Å². The number of aryl methyl sites for hydroxylation is 1. The second-order valence-corrected chi connectivity index (χ2v) is 12.4. The average molecular weight is 561 g/mol. The van der Waals surface area contributed by atoms with E-state index in [1.165, 1.54) is 12.1 Å². The van der Waals surface area contributed by atoms with E-state index in [2.05, 4.69) is 9.71 Å². The second kappa shape index (κ2) is 10.8. The first-order valence-corrected chi connectivity index (χ1v) is 14.6. The summed E-state index contributed by atoms with van der Waals surface area (Å²) in [5, 5.41) is 0.841. The number of carbonyl (C=O) groups excluding carboxylic acids is 1. The Morgan fingerprint density at radius 2 is 1.77 bits per heavy atom. The molecule has 1 atom stereocenters. The summed E-state index contributed by atoms with van der Waals surface area (Å²) in [7, 11) is -4.19. The molecule has 5 rings (SSSR count). The molecule has 8 nitrogen and oxygen atoms in total. The van der Waals surface area contributed by atoms with Crippen molar-refractivity contribution in [3.8, 4) is 17.2 Å². The van der Waals surface area contributed by atoms with Crippen LogP contribution in [0, 0.1) is 0 Å². The first-order chi connectivity index (χ1) is 19.1. The predicted octanol–water partition coefficient (Wildman–Crippen LogP) is 5.84. The third-order valence-electron chi connectivity index (χ3n) is 6.77. The Morgan fingerprint density at radius 1 is 1.02 bits per heavy atom. The molecule has 40 heavy (non-hydrogen) atoms. The van der Waals surface area contributed by atoms with E-state index in [1.54, 1.807) is 36.5 Å². The van der Waals surface area contributed by atoms with E-state index >= 15 is 0 Å². The summed E-state index contributed by atoms with van der Waals surface area (Å²) in [6.07, 6.45) is 1.87. The van der Waals surface area contributed by atoms with Crippen LogP contribution < -0.4 is 18.9 Å². The molecule has 9 heteroatoms. The Balaban J connectivity index is 1.54. The Bertz CT molecular complexity index is 1660. The SMILES string of the molecule is CCCc1ccc2cccnc2c1OC(C(=O)NS(=O)(=O)c1ccc(C(C)(C)C)cc1)c1ccc2c(c1)OCO2. The van der Waals surface area contributed by atoms with Crippen molar-refractivity contribution in [1.82, 2.24) is 9.71 Å². The van der Waals surface area contributed by atoms with Crippen LogP contribution in [0.2, 0.25) is 0 Å². The molecule has 1 unspecified atom stereocenters. The molecule has 1 aromatic heterocycles. The van der Waals surface area contributed by atoms with Crippen molar-refractivity contribution in [3.05, 3.63) is 89.6 Å². The second-order valence-electron chi connectivity index (χ2n) is 10.7. The number of nitrogens with zero attached hydrogens (tertiary/aromatic N) is 1. The van der Waals surface area contributed by atoms with E-state index in [0.29, 0.717) is 34.7 Å². The number of pyridine rings is 1. The lowest BCUT2D eigenvalue weighted by molar-refractivity contribution is -0.126. The van der Waals surface area contributed by atoms with Crippen LogP contribution in [0.3, 0.4) is 0 Å². The van der Waals surface area contributed by atoms with E-state index in [9.17, 15) is 13.2 Å². The Hall–Kier alpha value is -4.11. The number of ether oxygens (including phenoxy) is 3. The van der Waals surface area contributed by atoms with Crippen LogP contribution in [0.25, 0.3) is 10.9 Å². The normalized spacial score (nSPS) is 13.7. The fourth-order valence-corrected chi connectivity index (χ4v) is 5.59. The maximum atomic E-state index is 13.8. The van der Waals surface area contributed by atoms with Gasteiger partial charge in [-0.15, -0.1) is 0 Å². The lowest BCUT2D eigenvalue weighted by atomic mass is 9.87. The van der Waals surface area contributed by atoms with Crippen molar-refractivity contribution in [2.45, 2.75) is 57.0 Å². The summed E-state index contributed by atoms with van der Waals surface area (Å²) in [6, 6.07) is 19.1. The monoisotopic (exact) mass is 560 g/mol. The summed E-state index contributed by atoms with van der Waals surface area (Å²) in [4.78, 5) is 18.3. The van der Waals surface area contributed by atoms with Crippen LogP contribution in [0.4, 0.5) is 0 Å². The topological polar surface area (TPSA) is 104 Å². The number of fused-ring (bicyclic) bond motifs is 2. The quantitative estimate of drug-likeness (QED) is 0.289. The zero-order valence-electron chi connectivity index (χ0n) is 22.9. The van der Waals surface area contributed by atoms with Crippen molar-refractivity contribution in [3.63, 3.8) is 0 Å². The van der Waals surface area contributed by atoms with Crippen LogP contribution in [-0.2, 0) is 26.7 Å². The van der Waals surface area contributed by atoms with E-state index in [1.807, 2.05) is 52.0 Å². The molecule has 1 aliphatic heterocycles. The van der Waals surface area contributed by atoms with Crippen molar-refractivity contribution >= 4 is 26.8 Å². The molecule has 1 amide bonds. The Kier molecular flexibility index (Phi) is 7.42. The standard InChI is InChI=1S/C31H32N2O6S/c1-5-7-21-10-9-20-8-6-17-32-27(20)28(21)39-29(22-11-16-25-26(18-22)38-19-37-25)30(34)33-40(35,36)24-14-12-23(13-15-24)31(2,3)4/h6,8-18,29H,5,7,19H2,1-4H3,(H,33,34). The van der Waals surface area contributed by atoms with E-state index in [-0.39, 0.29) is 17.1 Å². The maximum Gasteiger partial charge on any atom is 0.279 e. The third-order valence-corrected chi connectivity index (χ3v) is 8.13. The van der Waals surface area contributed by atoms with Crippen LogP contribution in [0.1, 0.15) is 56.9 Å². The number of benzene rings is 3. The third kappa shape index (κ3) is 5.60. The molecule has 0 saturated heterocycles. The highest BCUT2D eigenvalue weighted by molar-refractivity contribution is 7.90. The van der Waals surface area contributed by atoms with Crippen molar-refractivity contribution in [2.24, 2.45) is 0 Å². The van der Waals surface area contributed by atoms with Gasteiger partial charge in [0.05, 0.1) is 4.90 Å². The van der Waals surface area contributed by atoms with Crippen LogP contribution in [-0.4, -0.2) is 26.1 Å². The van der Waals surface area contributed by atoms with Gasteiger partial charge in [-0.3, -0.25) is 9.78 Å². The van der Waals surface area contributed by atoms with Gasteiger partial charge in [-0.1, -0.05) is 70.5 Å². The molecule has 0 bridgehead atoms. The number of rotatable bonds is 8. The van der Waals surface area contributed by atoms with E-state index in [0.717, 1.165) is 22.9 Å². The first kappa shape index (κ1) is 27.5. The van der Waals surface area contributed by atoms with E-state index in [4.69, 9.17) is 14.2 Å². The molecule has 0 fully saturated rings. The number of aromatic nitrogens is 1. The number of hydrogen-bond acceptors (Lipinski definition) is 7. The van der Waals surface area contributed by atoms with Crippen LogP contribution in [0.5, 0.6) is 17.2 Å². The first-order valence-electron chi connectivity index (χ1n) is 13.2. The largest absolute Gasteiger partial charge is 0.473 e. The fourth-order valence-electron chi connectivity index (χ4n) is 4.60. The van der Waals surface area contributed by atoms with Gasteiger partial charge in [0.15, 0.2) is 11.5 Å². The molecule has 3 aromatic carbocycles. The molecule has 4 aromatic rings. The minimum Gasteiger partial charge on any atom is -0.473 e. The van der Waals surface area contributed by atoms with Crippen LogP contribution in [0.15, 0.2) is 77.8 Å². The van der Waals surface area contributed by atoms with Crippen molar-refractivity contribution in [2.75, 3.05) is 6.79 Å². The molecular formula is C31H32N2O6S. The van der Waals surface area contributed by atoms with E-state index < -0.39 is 22.0 Å². The van der Waals surface area contributed by atoms with Gasteiger partial charge in [0, 0.05) is 17.1 Å². The lowest BCUT2D eigenvalue weighted by Crippen LogP contribution is -2.37. The molecule has 0 spiro atoms. The Labute approximate surface area is 234 Å². The number of nitrogens with one attached hydrogen (secondary N) is 1. The lowest BCUT2D eigenvalue weighted by Gasteiger charge is -2.22. The summed E-state index contributed by atoms with van der Waals surface area (Å²) in [5.41, 5.74) is 2.70. The van der Waals surface area contributed by atoms with Gasteiger partial charge in [-0.25, -0.2) is 13.1 Å². The molecule has 208 valence electrons. The minimum atomic E-state index is -4.19. The van der Waals surface area contributed by atoms with Gasteiger partial charge in [0.2, 0.25) is 12.9 Å². The van der Waals surface area contributed by atoms with Crippen molar-refractivity contribution in [1.29, 1.82) is 0 Å². The zero-order chi connectivity index (χ0) is 28.5. The fraction of sp³-hybridized carbons (Fsp3) is 0.290. The summed E-state index contributed by atoms with van der Waals surface area (Å²) < 4.78 is 46.2. The van der Waals surface area contributed by atoms with Gasteiger partial charge in [-0.2, -0.15) is 0 Å². The van der Waals surface area contributed by atoms with Gasteiger partial charge >= 0.3 is 0 Å². The maximum absolute atomic E-state index is 13.8. The smallest absolute Gasteiger partial charge is 0.279 e. The number of amides is 1. The highest BCUT2D eigenvalue weighted by Gasteiger charge is 2.31. The van der Waals surface area contributed by atoms with Gasteiger partial charge < -0.3 is 14.2 Å². The molecule has 0 aliphatic carbocycles. The average Bonchev–Trinajstić information content (AvgIpc) is 3.40. The molecule has 1 N–H and O–H groups in total. The number of hydrogen-bond donors (Lipinski definition) is 1. The molecule has 1 aliphatic rings. The zero-order valence-corrected chi connectivity index (χ0v) is 23.7. The van der Waals surface area contributed by atoms with Gasteiger partial charge in [0.25, 0.3) is 15.9 Å². The molecule has 0 saturated carbocycles. The Morgan fingerprint density at radius 3 is 2.50 bits per heavy atom. The highest BCUT2D eigenvalue weighted by atomic mass is 32.2. The van der Waals surface area contributed by atoms with Crippen molar-refractivity contribution < 1.29 is 27.4 Å². The van der Waals surface area contributed by atoms with Crippen LogP contribution >= 0.6 is 0 Å². The summed E-state index contributed by atoms with van der Waals surface area (Å²) in [5.74, 6) is 0.580. The predicted molar refractivity (Wildman–Crippen MR) is 152 cm³/mol. The molecule has 2 heterocycles. The van der Waals surface area contributed by atoms with Gasteiger partial charge in [-0.05, 0) is 53.3 Å². The summed E-state index contributed by atoms with van der Waals surface area (Å²) >= 11 is 0.